The highest BCUT2D eigenvalue weighted by atomic mass is 16.5. The summed E-state index contributed by atoms with van der Waals surface area (Å²) in [5.41, 5.74) is 2.25. The Kier molecular flexibility index (Phi) is 4.49. The summed E-state index contributed by atoms with van der Waals surface area (Å²) < 4.78 is 4.92. The molecule has 0 unspecified atom stereocenters. The number of ether oxygens (including phenoxy) is 1. The van der Waals surface area contributed by atoms with Crippen molar-refractivity contribution in [1.29, 1.82) is 0 Å². The van der Waals surface area contributed by atoms with Crippen molar-refractivity contribution in [3.63, 3.8) is 0 Å². The van der Waals surface area contributed by atoms with Gasteiger partial charge in [0.25, 0.3) is 0 Å². The van der Waals surface area contributed by atoms with E-state index in [-0.39, 0.29) is 0 Å². The molecule has 74 valence electrons. The van der Waals surface area contributed by atoms with Crippen molar-refractivity contribution in [3.05, 3.63) is 17.5 Å². The number of aryl methyl sites for hydroxylation is 1. The zero-order valence-corrected chi connectivity index (χ0v) is 8.26. The third-order valence-corrected chi connectivity index (χ3v) is 1.84. The number of hydrogen-bond donors (Lipinski definition) is 2. The van der Waals surface area contributed by atoms with E-state index in [1.165, 1.54) is 0 Å². The lowest BCUT2D eigenvalue weighted by atomic mass is 10.3. The number of nitrogens with one attached hydrogen (secondary N) is 2. The molecule has 13 heavy (non-hydrogen) atoms. The highest BCUT2D eigenvalue weighted by Gasteiger charge is 1.97. The van der Waals surface area contributed by atoms with Crippen molar-refractivity contribution in [2.75, 3.05) is 20.3 Å². The minimum absolute atomic E-state index is 0.745. The van der Waals surface area contributed by atoms with Crippen LogP contribution in [0.4, 0.5) is 0 Å². The average Bonchev–Trinajstić information content (AvgIpc) is 2.60. The molecule has 1 heterocycles. The number of methoxy groups -OCH3 is 1. The Balaban J connectivity index is 2.20. The molecule has 4 heteroatoms. The van der Waals surface area contributed by atoms with Crippen LogP contribution in [0.1, 0.15) is 18.3 Å². The lowest BCUT2D eigenvalue weighted by Crippen LogP contribution is -2.18. The van der Waals surface area contributed by atoms with E-state index in [0.29, 0.717) is 0 Å². The van der Waals surface area contributed by atoms with Crippen molar-refractivity contribution in [3.8, 4) is 0 Å². The van der Waals surface area contributed by atoms with E-state index in [1.54, 1.807) is 7.11 Å². The molecule has 4 nitrogen and oxygen atoms in total. The van der Waals surface area contributed by atoms with Gasteiger partial charge >= 0.3 is 0 Å². The van der Waals surface area contributed by atoms with Crippen LogP contribution in [-0.4, -0.2) is 30.5 Å². The Hall–Kier alpha value is -0.870. The van der Waals surface area contributed by atoms with Crippen molar-refractivity contribution in [1.82, 2.24) is 15.5 Å². The molecular formula is C9H17N3O. The summed E-state index contributed by atoms with van der Waals surface area (Å²) in [6, 6.07) is 2.08. The summed E-state index contributed by atoms with van der Waals surface area (Å²) in [5, 5.41) is 10.4. The smallest absolute Gasteiger partial charge is 0.0622 e. The average molecular weight is 183 g/mol. The molecule has 1 aromatic rings. The summed E-state index contributed by atoms with van der Waals surface area (Å²) >= 11 is 0. The minimum Gasteiger partial charge on any atom is -0.383 e. The first-order valence-electron chi connectivity index (χ1n) is 4.59. The van der Waals surface area contributed by atoms with Crippen molar-refractivity contribution >= 4 is 0 Å². The van der Waals surface area contributed by atoms with Crippen LogP contribution in [0, 0.1) is 0 Å². The highest BCUT2D eigenvalue weighted by Crippen LogP contribution is 1.98. The van der Waals surface area contributed by atoms with E-state index in [9.17, 15) is 0 Å². The number of aromatic amines is 1. The van der Waals surface area contributed by atoms with E-state index in [2.05, 4.69) is 28.5 Å². The normalized spacial score (nSPS) is 10.6. The second-order valence-corrected chi connectivity index (χ2v) is 2.91. The molecule has 0 radical (unpaired) electrons. The Morgan fingerprint density at radius 1 is 1.62 bits per heavy atom. The fourth-order valence-corrected chi connectivity index (χ4v) is 1.08. The topological polar surface area (TPSA) is 49.9 Å². The van der Waals surface area contributed by atoms with Crippen molar-refractivity contribution in [2.45, 2.75) is 19.9 Å². The van der Waals surface area contributed by atoms with Gasteiger partial charge in [0, 0.05) is 25.9 Å². The van der Waals surface area contributed by atoms with Gasteiger partial charge in [-0.05, 0) is 12.5 Å². The zero-order chi connectivity index (χ0) is 9.52. The van der Waals surface area contributed by atoms with Crippen LogP contribution in [0.2, 0.25) is 0 Å². The molecule has 2 N–H and O–H groups in total. The lowest BCUT2D eigenvalue weighted by molar-refractivity contribution is 0.199. The first-order valence-corrected chi connectivity index (χ1v) is 4.59. The Morgan fingerprint density at radius 2 is 2.46 bits per heavy atom. The predicted molar refractivity (Wildman–Crippen MR) is 51.5 cm³/mol. The fourth-order valence-electron chi connectivity index (χ4n) is 1.08. The SMILES string of the molecule is CCc1cc(CNCCOC)[nH]n1. The van der Waals surface area contributed by atoms with E-state index < -0.39 is 0 Å². The molecule has 0 saturated carbocycles. The van der Waals surface area contributed by atoms with Crippen LogP contribution in [0.25, 0.3) is 0 Å². The Morgan fingerprint density at radius 3 is 3.08 bits per heavy atom. The molecule has 1 aromatic heterocycles. The van der Waals surface area contributed by atoms with Gasteiger partial charge < -0.3 is 10.1 Å². The van der Waals surface area contributed by atoms with Crippen LogP contribution in [-0.2, 0) is 17.7 Å². The standard InChI is InChI=1S/C9H17N3O/c1-3-8-6-9(12-11-8)7-10-4-5-13-2/h6,10H,3-5,7H2,1-2H3,(H,11,12). The maximum Gasteiger partial charge on any atom is 0.0622 e. The molecule has 0 spiro atoms. The van der Waals surface area contributed by atoms with Gasteiger partial charge in [-0.25, -0.2) is 0 Å². The molecule has 0 bridgehead atoms. The quantitative estimate of drug-likeness (QED) is 0.638. The molecule has 0 saturated heterocycles. The van der Waals surface area contributed by atoms with Crippen LogP contribution in [0.15, 0.2) is 6.07 Å². The Labute approximate surface area is 78.7 Å². The first-order chi connectivity index (χ1) is 6.36. The number of H-pyrrole nitrogens is 1. The first kappa shape index (κ1) is 10.2. The number of aromatic nitrogens is 2. The number of nitrogens with zero attached hydrogens (tertiary/aromatic N) is 1. The molecule has 0 aliphatic carbocycles. The minimum atomic E-state index is 0.745. The maximum atomic E-state index is 4.92. The zero-order valence-electron chi connectivity index (χ0n) is 8.26. The molecule has 0 amide bonds. The van der Waals surface area contributed by atoms with Gasteiger partial charge in [0.2, 0.25) is 0 Å². The summed E-state index contributed by atoms with van der Waals surface area (Å²) in [4.78, 5) is 0. The van der Waals surface area contributed by atoms with Crippen LogP contribution in [0.5, 0.6) is 0 Å². The van der Waals surface area contributed by atoms with Gasteiger partial charge in [-0.2, -0.15) is 5.10 Å². The molecular weight excluding hydrogens is 166 g/mol. The van der Waals surface area contributed by atoms with Gasteiger partial charge in [-0.1, -0.05) is 6.92 Å². The van der Waals surface area contributed by atoms with E-state index >= 15 is 0 Å². The van der Waals surface area contributed by atoms with Crippen molar-refractivity contribution in [2.24, 2.45) is 0 Å². The third-order valence-electron chi connectivity index (χ3n) is 1.84. The van der Waals surface area contributed by atoms with Crippen LogP contribution in [0.3, 0.4) is 0 Å². The van der Waals surface area contributed by atoms with Gasteiger partial charge in [0.15, 0.2) is 0 Å². The van der Waals surface area contributed by atoms with Crippen LogP contribution >= 0.6 is 0 Å². The number of rotatable bonds is 6. The van der Waals surface area contributed by atoms with E-state index in [0.717, 1.165) is 37.5 Å². The molecule has 0 atom stereocenters. The van der Waals surface area contributed by atoms with Gasteiger partial charge in [-0.3, -0.25) is 5.10 Å². The molecule has 0 fully saturated rings. The summed E-state index contributed by atoms with van der Waals surface area (Å²) in [7, 11) is 1.70. The lowest BCUT2D eigenvalue weighted by Gasteiger charge is -2.00. The summed E-state index contributed by atoms with van der Waals surface area (Å²) in [6.07, 6.45) is 0.981. The van der Waals surface area contributed by atoms with Gasteiger partial charge in [0.1, 0.15) is 0 Å². The molecule has 0 aromatic carbocycles. The second-order valence-electron chi connectivity index (χ2n) is 2.91. The predicted octanol–water partition coefficient (Wildman–Crippen LogP) is 0.708. The number of hydrogen-bond acceptors (Lipinski definition) is 3. The van der Waals surface area contributed by atoms with Crippen LogP contribution < -0.4 is 5.32 Å². The molecule has 1 rings (SSSR count). The molecule has 0 aliphatic rings. The summed E-state index contributed by atoms with van der Waals surface area (Å²) in [6.45, 7) is 4.54. The largest absolute Gasteiger partial charge is 0.383 e. The highest BCUT2D eigenvalue weighted by molar-refractivity contribution is 5.07. The maximum absolute atomic E-state index is 4.92. The Bertz CT molecular complexity index is 235. The fraction of sp³-hybridized carbons (Fsp3) is 0.667. The summed E-state index contributed by atoms with van der Waals surface area (Å²) in [5.74, 6) is 0. The van der Waals surface area contributed by atoms with Gasteiger partial charge in [0.05, 0.1) is 12.3 Å². The van der Waals surface area contributed by atoms with Gasteiger partial charge in [-0.15, -0.1) is 0 Å². The third kappa shape index (κ3) is 3.57. The monoisotopic (exact) mass is 183 g/mol. The van der Waals surface area contributed by atoms with E-state index in [1.807, 2.05) is 0 Å². The molecule has 0 aliphatic heterocycles. The van der Waals surface area contributed by atoms with E-state index in [4.69, 9.17) is 4.74 Å². The van der Waals surface area contributed by atoms with Crippen molar-refractivity contribution < 1.29 is 4.74 Å². The second kappa shape index (κ2) is 5.72.